The Morgan fingerprint density at radius 2 is 1.94 bits per heavy atom. The van der Waals surface area contributed by atoms with Crippen molar-refractivity contribution in [3.63, 3.8) is 0 Å². The Hall–Kier alpha value is -3.73. The summed E-state index contributed by atoms with van der Waals surface area (Å²) in [7, 11) is 0. The topological polar surface area (TPSA) is 106 Å². The Morgan fingerprint density at radius 3 is 2.68 bits per heavy atom. The van der Waals surface area contributed by atoms with Gasteiger partial charge in [-0.05, 0) is 51.0 Å². The van der Waals surface area contributed by atoms with E-state index in [1.54, 1.807) is 47.9 Å². The summed E-state index contributed by atoms with van der Waals surface area (Å²) in [5.74, 6) is -0.227. The molecule has 0 saturated heterocycles. The SMILES string of the molecule is Cc1ccc(-c2noc(CCC(C)(O)C(F)(F)F)n2)cc1NC(=O)c1c(C)nc2ccccn12. The monoisotopic (exact) mass is 473 g/mol. The van der Waals surface area contributed by atoms with Crippen LogP contribution < -0.4 is 5.32 Å². The maximum absolute atomic E-state index is 13.0. The summed E-state index contributed by atoms with van der Waals surface area (Å²) >= 11 is 0. The highest BCUT2D eigenvalue weighted by atomic mass is 19.4. The largest absolute Gasteiger partial charge is 0.416 e. The van der Waals surface area contributed by atoms with Gasteiger partial charge in [-0.15, -0.1) is 0 Å². The molecule has 0 aliphatic heterocycles. The lowest BCUT2D eigenvalue weighted by molar-refractivity contribution is -0.255. The third kappa shape index (κ3) is 4.51. The molecule has 178 valence electrons. The molecule has 0 fully saturated rings. The summed E-state index contributed by atoms with van der Waals surface area (Å²) in [5, 5.41) is 16.3. The number of imidazole rings is 1. The molecule has 8 nitrogen and oxygen atoms in total. The van der Waals surface area contributed by atoms with Crippen molar-refractivity contribution in [1.82, 2.24) is 19.5 Å². The van der Waals surface area contributed by atoms with E-state index in [0.717, 1.165) is 5.56 Å². The van der Waals surface area contributed by atoms with E-state index in [2.05, 4.69) is 20.4 Å². The van der Waals surface area contributed by atoms with Crippen LogP contribution in [0.15, 0.2) is 47.1 Å². The van der Waals surface area contributed by atoms with Crippen LogP contribution in [0, 0.1) is 13.8 Å². The summed E-state index contributed by atoms with van der Waals surface area (Å²) in [4.78, 5) is 21.6. The van der Waals surface area contributed by atoms with Crippen molar-refractivity contribution in [2.75, 3.05) is 5.32 Å². The summed E-state index contributed by atoms with van der Waals surface area (Å²) in [6.45, 7) is 4.27. The molecule has 3 aromatic heterocycles. The normalized spacial score (nSPS) is 13.7. The fourth-order valence-electron chi connectivity index (χ4n) is 3.43. The summed E-state index contributed by atoms with van der Waals surface area (Å²) in [6, 6.07) is 10.6. The second-order valence-electron chi connectivity index (χ2n) is 8.24. The van der Waals surface area contributed by atoms with Gasteiger partial charge in [-0.3, -0.25) is 9.20 Å². The summed E-state index contributed by atoms with van der Waals surface area (Å²) in [5.41, 5.74) is 0.577. The zero-order chi connectivity index (χ0) is 24.7. The Labute approximate surface area is 192 Å². The second-order valence-corrected chi connectivity index (χ2v) is 8.24. The molecule has 0 bridgehead atoms. The molecule has 1 unspecified atom stereocenters. The number of anilines is 1. The van der Waals surface area contributed by atoms with Gasteiger partial charge in [0.1, 0.15) is 11.3 Å². The first-order valence-electron chi connectivity index (χ1n) is 10.4. The molecule has 0 aliphatic carbocycles. The average Bonchev–Trinajstić information content (AvgIpc) is 3.36. The lowest BCUT2D eigenvalue weighted by Crippen LogP contribution is -2.42. The second kappa shape index (κ2) is 8.56. The highest BCUT2D eigenvalue weighted by Crippen LogP contribution is 2.33. The average molecular weight is 473 g/mol. The van der Waals surface area contributed by atoms with Crippen molar-refractivity contribution in [2.24, 2.45) is 0 Å². The molecule has 11 heteroatoms. The van der Waals surface area contributed by atoms with Crippen LogP contribution in [0.25, 0.3) is 17.0 Å². The van der Waals surface area contributed by atoms with Crippen molar-refractivity contribution in [3.8, 4) is 11.4 Å². The van der Waals surface area contributed by atoms with E-state index in [0.29, 0.717) is 35.2 Å². The molecule has 0 spiro atoms. The molecule has 1 amide bonds. The van der Waals surface area contributed by atoms with Crippen molar-refractivity contribution >= 4 is 17.2 Å². The number of carbonyl (C=O) groups is 1. The smallest absolute Gasteiger partial charge is 0.381 e. The number of halogens is 3. The fourth-order valence-corrected chi connectivity index (χ4v) is 3.43. The number of carbonyl (C=O) groups excluding carboxylic acids is 1. The minimum absolute atomic E-state index is 0.0351. The first-order valence-corrected chi connectivity index (χ1v) is 10.4. The number of hydrogen-bond donors (Lipinski definition) is 2. The number of benzene rings is 1. The van der Waals surface area contributed by atoms with Crippen molar-refractivity contribution in [2.45, 2.75) is 45.4 Å². The van der Waals surface area contributed by atoms with Crippen LogP contribution in [0.2, 0.25) is 0 Å². The molecule has 1 aromatic carbocycles. The Kier molecular flexibility index (Phi) is 5.90. The van der Waals surface area contributed by atoms with Crippen LogP contribution in [0.1, 0.15) is 41.0 Å². The number of aliphatic hydroxyl groups is 1. The van der Waals surface area contributed by atoms with E-state index in [9.17, 15) is 23.1 Å². The predicted octanol–water partition coefficient (Wildman–Crippen LogP) is 4.50. The Bertz CT molecular complexity index is 1360. The van der Waals surface area contributed by atoms with E-state index in [4.69, 9.17) is 4.52 Å². The van der Waals surface area contributed by atoms with E-state index in [1.807, 2.05) is 13.0 Å². The van der Waals surface area contributed by atoms with Crippen LogP contribution in [0.4, 0.5) is 18.9 Å². The highest BCUT2D eigenvalue weighted by molar-refractivity contribution is 6.05. The van der Waals surface area contributed by atoms with Crippen molar-refractivity contribution in [3.05, 3.63) is 65.4 Å². The standard InChI is InChI=1S/C23H22F3N5O3/c1-13-7-8-15(20-29-18(34-30-20)9-10-22(3,33)23(24,25)26)12-16(13)28-21(32)19-14(2)27-17-6-4-5-11-31(17)19/h4-8,11-12,33H,9-10H2,1-3H3,(H,28,32). The van der Waals surface area contributed by atoms with Gasteiger partial charge in [0.15, 0.2) is 5.60 Å². The number of alkyl halides is 3. The molecule has 0 saturated carbocycles. The number of fused-ring (bicyclic) bond motifs is 1. The van der Waals surface area contributed by atoms with Crippen LogP contribution in [-0.4, -0.2) is 42.3 Å². The van der Waals surface area contributed by atoms with Gasteiger partial charge in [-0.25, -0.2) is 4.98 Å². The lowest BCUT2D eigenvalue weighted by atomic mass is 10.00. The fraction of sp³-hybridized carbons (Fsp3) is 0.304. The van der Waals surface area contributed by atoms with E-state index >= 15 is 0 Å². The molecule has 34 heavy (non-hydrogen) atoms. The van der Waals surface area contributed by atoms with E-state index in [1.165, 1.54) is 0 Å². The molecule has 4 aromatic rings. The van der Waals surface area contributed by atoms with Gasteiger partial charge in [-0.2, -0.15) is 18.2 Å². The number of aryl methyl sites for hydroxylation is 3. The number of nitrogens with one attached hydrogen (secondary N) is 1. The summed E-state index contributed by atoms with van der Waals surface area (Å²) < 4.78 is 45.3. The van der Waals surface area contributed by atoms with Gasteiger partial charge in [0.25, 0.3) is 5.91 Å². The number of aromatic nitrogens is 4. The minimum atomic E-state index is -4.76. The van der Waals surface area contributed by atoms with Gasteiger partial charge in [0.2, 0.25) is 11.7 Å². The molecule has 1 atom stereocenters. The summed E-state index contributed by atoms with van der Waals surface area (Å²) in [6.07, 6.45) is -3.88. The highest BCUT2D eigenvalue weighted by Gasteiger charge is 2.49. The molecule has 2 N–H and O–H groups in total. The predicted molar refractivity (Wildman–Crippen MR) is 117 cm³/mol. The zero-order valence-electron chi connectivity index (χ0n) is 18.6. The van der Waals surface area contributed by atoms with Crippen LogP contribution in [0.3, 0.4) is 0 Å². The van der Waals surface area contributed by atoms with Gasteiger partial charge in [0, 0.05) is 23.9 Å². The number of hydrogen-bond acceptors (Lipinski definition) is 6. The van der Waals surface area contributed by atoms with Crippen LogP contribution in [-0.2, 0) is 6.42 Å². The van der Waals surface area contributed by atoms with Crippen molar-refractivity contribution < 1.29 is 27.6 Å². The van der Waals surface area contributed by atoms with Gasteiger partial charge < -0.3 is 14.9 Å². The molecule has 0 aliphatic rings. The number of amides is 1. The molecule has 4 rings (SSSR count). The first-order chi connectivity index (χ1) is 16.0. The quantitative estimate of drug-likeness (QED) is 0.427. The van der Waals surface area contributed by atoms with Crippen LogP contribution >= 0.6 is 0 Å². The van der Waals surface area contributed by atoms with Gasteiger partial charge in [0.05, 0.1) is 5.69 Å². The minimum Gasteiger partial charge on any atom is -0.381 e. The van der Waals surface area contributed by atoms with Crippen molar-refractivity contribution in [1.29, 1.82) is 0 Å². The number of pyridine rings is 1. The first kappa shape index (κ1) is 23.4. The lowest BCUT2D eigenvalue weighted by Gasteiger charge is -2.25. The molecule has 0 radical (unpaired) electrons. The number of rotatable bonds is 6. The molecular formula is C23H22F3N5O3. The molecule has 3 heterocycles. The maximum atomic E-state index is 13.0. The Balaban J connectivity index is 1.54. The van der Waals surface area contributed by atoms with Crippen LogP contribution in [0.5, 0.6) is 0 Å². The Morgan fingerprint density at radius 1 is 1.18 bits per heavy atom. The van der Waals surface area contributed by atoms with Gasteiger partial charge in [-0.1, -0.05) is 23.4 Å². The third-order valence-corrected chi connectivity index (χ3v) is 5.57. The zero-order valence-corrected chi connectivity index (χ0v) is 18.6. The van der Waals surface area contributed by atoms with E-state index in [-0.39, 0.29) is 24.0 Å². The maximum Gasteiger partial charge on any atom is 0.416 e. The number of nitrogens with zero attached hydrogens (tertiary/aromatic N) is 4. The van der Waals surface area contributed by atoms with Gasteiger partial charge >= 0.3 is 6.18 Å². The third-order valence-electron chi connectivity index (χ3n) is 5.57. The van der Waals surface area contributed by atoms with E-state index < -0.39 is 18.2 Å². The molecular weight excluding hydrogens is 451 g/mol.